The van der Waals surface area contributed by atoms with E-state index in [1.165, 1.54) is 18.3 Å². The molecule has 1 atom stereocenters. The molecule has 178 valence electrons. The fourth-order valence-electron chi connectivity index (χ4n) is 2.89. The van der Waals surface area contributed by atoms with Gasteiger partial charge in [0.1, 0.15) is 0 Å². The van der Waals surface area contributed by atoms with Crippen LogP contribution in [0, 0.1) is 11.8 Å². The van der Waals surface area contributed by atoms with Crippen LogP contribution in [0.15, 0.2) is 42.6 Å². The van der Waals surface area contributed by atoms with E-state index in [-0.39, 0.29) is 70.6 Å². The molecule has 3 amide bonds. The summed E-state index contributed by atoms with van der Waals surface area (Å²) in [5.41, 5.74) is -5.05. The van der Waals surface area contributed by atoms with Crippen LogP contribution in [0.1, 0.15) is 29.8 Å². The maximum absolute atomic E-state index is 13.0. The van der Waals surface area contributed by atoms with Crippen molar-refractivity contribution >= 4 is 11.9 Å². The number of alkyl halides is 6. The van der Waals surface area contributed by atoms with Crippen molar-refractivity contribution in [1.29, 1.82) is 5.26 Å². The van der Waals surface area contributed by atoms with Crippen molar-refractivity contribution < 1.29 is 92.1 Å². The Morgan fingerprint density at radius 1 is 1.00 bits per heavy atom. The Labute approximate surface area is 233 Å². The summed E-state index contributed by atoms with van der Waals surface area (Å²) in [5, 5.41) is 10.6. The van der Waals surface area contributed by atoms with Gasteiger partial charge in [-0.05, 0) is 35.9 Å². The minimum absolute atomic E-state index is 0. The number of hydrogen-bond donors (Lipinski definition) is 2. The van der Waals surface area contributed by atoms with Crippen molar-refractivity contribution in [3.63, 3.8) is 0 Å². The molecule has 1 saturated heterocycles. The molecule has 34 heavy (non-hydrogen) atoms. The van der Waals surface area contributed by atoms with Gasteiger partial charge in [-0.1, -0.05) is 13.5 Å². The van der Waals surface area contributed by atoms with E-state index in [4.69, 9.17) is 16.6 Å². The first-order valence-corrected chi connectivity index (χ1v) is 8.55. The Hall–Kier alpha value is -2.02. The molecule has 1 aromatic carbocycles. The number of aromatic nitrogens is 1. The maximum atomic E-state index is 13.0. The molecule has 1 aliphatic rings. The molecule has 0 radical (unpaired) electrons. The van der Waals surface area contributed by atoms with Crippen LogP contribution < -0.4 is 62.0 Å². The Bertz CT molecular complexity index is 983. The number of benzene rings is 1. The number of hydrogen-bond acceptors (Lipinski definition) is 5. The molecule has 0 aliphatic carbocycles. The van der Waals surface area contributed by atoms with Gasteiger partial charge in [-0.25, -0.2) is 4.79 Å². The van der Waals surface area contributed by atoms with E-state index in [2.05, 4.69) is 10.3 Å². The van der Waals surface area contributed by atoms with Gasteiger partial charge < -0.3 is 21.9 Å². The Morgan fingerprint density at radius 2 is 1.56 bits per heavy atom. The SMILES string of the molecule is C.O=C1NC(=O)C(COCc2cc(C(F)(F)F)cc(C(F)(F)F)c2)(c2ccccn2)N1.[C-]#N.[K+]. The quantitative estimate of drug-likeness (QED) is 0.269. The summed E-state index contributed by atoms with van der Waals surface area (Å²) in [6, 6.07) is 4.71. The Balaban J connectivity index is 0.00000265. The summed E-state index contributed by atoms with van der Waals surface area (Å²) < 4.78 is 83.0. The average molecular weight is 514 g/mol. The number of urea groups is 1. The summed E-state index contributed by atoms with van der Waals surface area (Å²) in [6.07, 6.45) is -8.65. The van der Waals surface area contributed by atoms with Gasteiger partial charge in [-0.2, -0.15) is 26.3 Å². The molecule has 0 saturated carbocycles. The monoisotopic (exact) mass is 514 g/mol. The van der Waals surface area contributed by atoms with E-state index in [1.54, 1.807) is 6.07 Å². The number of imide groups is 1. The summed E-state index contributed by atoms with van der Waals surface area (Å²) in [5.74, 6) is -0.814. The minimum Gasteiger partial charge on any atom is -0.512 e. The molecule has 14 heteroatoms. The molecule has 7 nitrogen and oxygen atoms in total. The molecule has 1 fully saturated rings. The smallest absolute Gasteiger partial charge is 0.512 e. The average Bonchev–Trinajstić information content (AvgIpc) is 3.02. The van der Waals surface area contributed by atoms with Gasteiger partial charge in [0.05, 0.1) is 30.0 Å². The van der Waals surface area contributed by atoms with Crippen LogP contribution in [-0.2, 0) is 34.0 Å². The van der Waals surface area contributed by atoms with Crippen molar-refractivity contribution in [3.8, 4) is 0 Å². The number of ether oxygens (including phenoxy) is 1. The Morgan fingerprint density at radius 3 is 1.97 bits per heavy atom. The number of nitrogens with zero attached hydrogens (tertiary/aromatic N) is 2. The van der Waals surface area contributed by atoms with Gasteiger partial charge in [0.15, 0.2) is 5.54 Å². The van der Waals surface area contributed by atoms with Crippen molar-refractivity contribution in [3.05, 3.63) is 71.6 Å². The van der Waals surface area contributed by atoms with Gasteiger partial charge in [0, 0.05) is 6.20 Å². The predicted molar refractivity (Wildman–Crippen MR) is 100 cm³/mol. The zero-order chi connectivity index (χ0) is 24.2. The topological polar surface area (TPSA) is 104 Å². The van der Waals surface area contributed by atoms with Crippen LogP contribution >= 0.6 is 0 Å². The van der Waals surface area contributed by atoms with Crippen LogP contribution in [0.3, 0.4) is 0 Å². The van der Waals surface area contributed by atoms with E-state index < -0.39 is 59.7 Å². The third-order valence-corrected chi connectivity index (χ3v) is 4.28. The number of nitrogens with one attached hydrogen (secondary N) is 2. The number of amides is 3. The fourth-order valence-corrected chi connectivity index (χ4v) is 2.89. The molecular weight excluding hydrogens is 497 g/mol. The van der Waals surface area contributed by atoms with Crippen molar-refractivity contribution in [2.24, 2.45) is 0 Å². The molecule has 2 aromatic rings. The number of carbonyl (C=O) groups is 2. The Kier molecular flexibility index (Phi) is 11.9. The zero-order valence-electron chi connectivity index (χ0n) is 16.8. The maximum Gasteiger partial charge on any atom is 1.00 e. The summed E-state index contributed by atoms with van der Waals surface area (Å²) in [7, 11) is 0. The molecule has 2 N–H and O–H groups in total. The van der Waals surface area contributed by atoms with Crippen LogP contribution in [0.25, 0.3) is 0 Å². The molecule has 1 aliphatic heterocycles. The molecule has 0 spiro atoms. The molecule has 2 heterocycles. The van der Waals surface area contributed by atoms with Crippen LogP contribution in [0.2, 0.25) is 0 Å². The van der Waals surface area contributed by atoms with E-state index in [9.17, 15) is 35.9 Å². The van der Waals surface area contributed by atoms with Gasteiger partial charge in [-0.3, -0.25) is 15.1 Å². The number of carbonyl (C=O) groups excluding carboxylic acids is 2. The van der Waals surface area contributed by atoms with E-state index in [0.29, 0.717) is 12.1 Å². The fraction of sp³-hybridized carbons (Fsp3) is 0.300. The number of pyridine rings is 1. The van der Waals surface area contributed by atoms with Crippen LogP contribution in [0.5, 0.6) is 0 Å². The van der Waals surface area contributed by atoms with Crippen LogP contribution in [0.4, 0.5) is 31.1 Å². The second-order valence-corrected chi connectivity index (χ2v) is 6.44. The summed E-state index contributed by atoms with van der Waals surface area (Å²) in [6.45, 7) is 3.50. The third kappa shape index (κ3) is 7.49. The summed E-state index contributed by atoms with van der Waals surface area (Å²) >= 11 is 0. The standard InChI is InChI=1S/C18H13F6N3O3.CN.CH4.K/c19-17(20,21)11-5-10(6-12(7-11)18(22,23)24)8-30-9-16(13-3-1-2-4-25-13)14(28)26-15(29)27-16;1-2;;/h1-7H,8-9H2,(H2,26,27,28,29);;1H4;/q;-1;;+1. The zero-order valence-corrected chi connectivity index (χ0v) is 20.0. The number of rotatable bonds is 5. The second-order valence-electron chi connectivity index (χ2n) is 6.44. The second kappa shape index (κ2) is 12.6. The molecule has 1 aromatic heterocycles. The first kappa shape index (κ1) is 32.0. The third-order valence-electron chi connectivity index (χ3n) is 4.28. The van der Waals surface area contributed by atoms with Crippen molar-refractivity contribution in [2.45, 2.75) is 31.9 Å². The first-order valence-electron chi connectivity index (χ1n) is 8.55. The minimum atomic E-state index is -5.00. The van der Waals surface area contributed by atoms with Gasteiger partial charge in [-0.15, -0.1) is 0 Å². The molecular formula is C20H17F6KN4O3. The van der Waals surface area contributed by atoms with E-state index in [0.717, 1.165) is 0 Å². The molecule has 1 unspecified atom stereocenters. The van der Waals surface area contributed by atoms with Gasteiger partial charge >= 0.3 is 69.8 Å². The van der Waals surface area contributed by atoms with E-state index in [1.807, 2.05) is 5.32 Å². The molecule has 0 bridgehead atoms. The van der Waals surface area contributed by atoms with E-state index >= 15 is 0 Å². The van der Waals surface area contributed by atoms with Gasteiger partial charge in [0.2, 0.25) is 0 Å². The van der Waals surface area contributed by atoms with Crippen molar-refractivity contribution in [2.75, 3.05) is 6.61 Å². The van der Waals surface area contributed by atoms with Gasteiger partial charge in [0.25, 0.3) is 5.91 Å². The van der Waals surface area contributed by atoms with Crippen LogP contribution in [-0.4, -0.2) is 23.5 Å². The van der Waals surface area contributed by atoms with Crippen molar-refractivity contribution in [1.82, 2.24) is 15.6 Å². The summed E-state index contributed by atoms with van der Waals surface area (Å²) in [4.78, 5) is 27.9. The molecule has 3 rings (SSSR count). The first-order chi connectivity index (χ1) is 14.9. The largest absolute Gasteiger partial charge is 1.00 e. The number of halogens is 6. The normalized spacial score (nSPS) is 17.3. The predicted octanol–water partition coefficient (Wildman–Crippen LogP) is 1.11.